The lowest BCUT2D eigenvalue weighted by Crippen LogP contribution is -2.32. The molecule has 0 aliphatic heterocycles. The fourth-order valence-corrected chi connectivity index (χ4v) is 1.79. The van der Waals surface area contributed by atoms with E-state index in [0.29, 0.717) is 18.0 Å². The third-order valence-corrected chi connectivity index (χ3v) is 3.15. The molecule has 7 heteroatoms. The van der Waals surface area contributed by atoms with Gasteiger partial charge >= 0.3 is 5.97 Å². The molecule has 0 saturated heterocycles. The van der Waals surface area contributed by atoms with Gasteiger partial charge in [0.1, 0.15) is 5.75 Å². The highest BCUT2D eigenvalue weighted by molar-refractivity contribution is 6.33. The number of halogens is 1. The Balaban J connectivity index is 2.76. The molecule has 21 heavy (non-hydrogen) atoms. The van der Waals surface area contributed by atoms with E-state index in [1.165, 1.54) is 19.2 Å². The first-order valence-electron chi connectivity index (χ1n) is 6.48. The summed E-state index contributed by atoms with van der Waals surface area (Å²) in [6, 6.07) is 2.91. The van der Waals surface area contributed by atoms with Gasteiger partial charge in [-0.25, -0.2) is 0 Å². The van der Waals surface area contributed by atoms with Crippen LogP contribution in [-0.2, 0) is 9.53 Å². The van der Waals surface area contributed by atoms with Crippen molar-refractivity contribution in [1.82, 2.24) is 5.32 Å². The van der Waals surface area contributed by atoms with Crippen LogP contribution < -0.4 is 15.8 Å². The molecular weight excluding hydrogens is 296 g/mol. The van der Waals surface area contributed by atoms with Crippen LogP contribution in [0, 0.1) is 5.92 Å². The van der Waals surface area contributed by atoms with E-state index in [-0.39, 0.29) is 23.1 Å². The third-order valence-electron chi connectivity index (χ3n) is 2.82. The van der Waals surface area contributed by atoms with Crippen LogP contribution in [0.1, 0.15) is 24.2 Å². The van der Waals surface area contributed by atoms with Crippen molar-refractivity contribution in [3.8, 4) is 5.75 Å². The summed E-state index contributed by atoms with van der Waals surface area (Å²) in [4.78, 5) is 23.6. The van der Waals surface area contributed by atoms with Crippen molar-refractivity contribution in [2.45, 2.75) is 13.8 Å². The van der Waals surface area contributed by atoms with Crippen LogP contribution in [-0.4, -0.2) is 32.1 Å². The van der Waals surface area contributed by atoms with Gasteiger partial charge in [-0.2, -0.15) is 0 Å². The molecule has 116 valence electrons. The first-order valence-corrected chi connectivity index (χ1v) is 6.86. The predicted octanol–water partition coefficient (Wildman–Crippen LogP) is 1.86. The largest absolute Gasteiger partial charge is 0.496 e. The molecule has 0 fully saturated rings. The van der Waals surface area contributed by atoms with Gasteiger partial charge in [0.25, 0.3) is 5.91 Å². The lowest BCUT2D eigenvalue weighted by molar-refractivity contribution is -0.147. The van der Waals surface area contributed by atoms with Gasteiger partial charge in [0.2, 0.25) is 0 Å². The Kier molecular flexibility index (Phi) is 6.30. The van der Waals surface area contributed by atoms with Crippen molar-refractivity contribution >= 4 is 29.2 Å². The minimum Gasteiger partial charge on any atom is -0.496 e. The minimum atomic E-state index is -0.441. The topological polar surface area (TPSA) is 90.7 Å². The molecule has 6 nitrogen and oxygen atoms in total. The molecule has 1 unspecified atom stereocenters. The van der Waals surface area contributed by atoms with Gasteiger partial charge in [0.15, 0.2) is 0 Å². The number of benzene rings is 1. The third kappa shape index (κ3) is 4.53. The van der Waals surface area contributed by atoms with E-state index in [1.807, 2.05) is 0 Å². The zero-order valence-corrected chi connectivity index (χ0v) is 13.0. The second-order valence-corrected chi connectivity index (χ2v) is 4.84. The van der Waals surface area contributed by atoms with Gasteiger partial charge in [0, 0.05) is 12.6 Å². The smallest absolute Gasteiger partial charge is 0.310 e. The fraction of sp³-hybridized carbons (Fsp3) is 0.429. The van der Waals surface area contributed by atoms with Crippen LogP contribution in [0.5, 0.6) is 5.75 Å². The lowest BCUT2D eigenvalue weighted by atomic mass is 10.1. The molecule has 1 aromatic carbocycles. The molecule has 0 saturated carbocycles. The Morgan fingerprint density at radius 3 is 2.67 bits per heavy atom. The summed E-state index contributed by atoms with van der Waals surface area (Å²) in [5.41, 5.74) is 6.24. The van der Waals surface area contributed by atoms with Crippen molar-refractivity contribution < 1.29 is 19.1 Å². The summed E-state index contributed by atoms with van der Waals surface area (Å²) in [7, 11) is 1.43. The summed E-state index contributed by atoms with van der Waals surface area (Å²) in [5.74, 6) is -0.882. The maximum atomic E-state index is 12.1. The molecule has 0 aliphatic rings. The van der Waals surface area contributed by atoms with Crippen LogP contribution in [0.25, 0.3) is 0 Å². The van der Waals surface area contributed by atoms with Crippen LogP contribution >= 0.6 is 11.6 Å². The van der Waals surface area contributed by atoms with E-state index in [4.69, 9.17) is 26.8 Å². The quantitative estimate of drug-likeness (QED) is 0.618. The van der Waals surface area contributed by atoms with E-state index in [2.05, 4.69) is 5.32 Å². The first kappa shape index (κ1) is 17.1. The maximum Gasteiger partial charge on any atom is 0.310 e. The van der Waals surface area contributed by atoms with E-state index in [0.717, 1.165) is 0 Å². The highest BCUT2D eigenvalue weighted by Gasteiger charge is 2.18. The lowest BCUT2D eigenvalue weighted by Gasteiger charge is -2.14. The van der Waals surface area contributed by atoms with Gasteiger partial charge in [-0.15, -0.1) is 0 Å². The van der Waals surface area contributed by atoms with Gasteiger partial charge in [0.05, 0.1) is 35.9 Å². The zero-order chi connectivity index (χ0) is 16.0. The number of nitrogens with two attached hydrogens (primary N) is 1. The van der Waals surface area contributed by atoms with Crippen molar-refractivity contribution in [2.24, 2.45) is 5.92 Å². The highest BCUT2D eigenvalue weighted by Crippen LogP contribution is 2.28. The molecule has 1 aromatic rings. The number of nitrogen functional groups attached to an aromatic ring is 1. The van der Waals surface area contributed by atoms with Crippen LogP contribution in [0.4, 0.5) is 5.69 Å². The Morgan fingerprint density at radius 2 is 2.10 bits per heavy atom. The number of hydrogen-bond donors (Lipinski definition) is 2. The Labute approximate surface area is 128 Å². The van der Waals surface area contributed by atoms with Crippen molar-refractivity contribution in [1.29, 1.82) is 0 Å². The van der Waals surface area contributed by atoms with Crippen molar-refractivity contribution in [2.75, 3.05) is 26.0 Å². The number of esters is 1. The normalized spacial score (nSPS) is 11.6. The standard InChI is InChI=1S/C14H19ClN2O4/c1-4-21-14(19)8(2)7-17-13(18)9-5-10(15)11(16)6-12(9)20-3/h5-6,8H,4,7,16H2,1-3H3,(H,17,18). The summed E-state index contributed by atoms with van der Waals surface area (Å²) in [6.07, 6.45) is 0. The summed E-state index contributed by atoms with van der Waals surface area (Å²) in [5, 5.41) is 2.90. The van der Waals surface area contributed by atoms with Crippen LogP contribution in [0.3, 0.4) is 0 Å². The predicted molar refractivity (Wildman–Crippen MR) is 80.5 cm³/mol. The van der Waals surface area contributed by atoms with Crippen LogP contribution in [0.2, 0.25) is 5.02 Å². The second-order valence-electron chi connectivity index (χ2n) is 4.44. The molecule has 3 N–H and O–H groups in total. The average molecular weight is 315 g/mol. The zero-order valence-electron chi connectivity index (χ0n) is 12.2. The number of ether oxygens (including phenoxy) is 2. The summed E-state index contributed by atoms with van der Waals surface area (Å²) in [6.45, 7) is 3.86. The first-order chi connectivity index (χ1) is 9.90. The molecule has 0 aliphatic carbocycles. The number of hydrogen-bond acceptors (Lipinski definition) is 5. The summed E-state index contributed by atoms with van der Waals surface area (Å²) >= 11 is 5.91. The minimum absolute atomic E-state index is 0.156. The second kappa shape index (κ2) is 7.73. The Hall–Kier alpha value is -1.95. The van der Waals surface area contributed by atoms with Gasteiger partial charge in [-0.05, 0) is 13.0 Å². The molecule has 0 bridgehead atoms. The number of amides is 1. The van der Waals surface area contributed by atoms with Gasteiger partial charge in [-0.1, -0.05) is 18.5 Å². The number of rotatable bonds is 6. The average Bonchev–Trinajstić information content (AvgIpc) is 2.46. The molecule has 1 amide bonds. The van der Waals surface area contributed by atoms with E-state index in [1.54, 1.807) is 13.8 Å². The number of carbonyl (C=O) groups excluding carboxylic acids is 2. The molecule has 0 spiro atoms. The maximum absolute atomic E-state index is 12.1. The molecule has 0 heterocycles. The monoisotopic (exact) mass is 314 g/mol. The SMILES string of the molecule is CCOC(=O)C(C)CNC(=O)c1cc(Cl)c(N)cc1OC. The Bertz CT molecular complexity index is 534. The Morgan fingerprint density at radius 1 is 1.43 bits per heavy atom. The van der Waals surface area contributed by atoms with Crippen LogP contribution in [0.15, 0.2) is 12.1 Å². The number of carbonyl (C=O) groups is 2. The van der Waals surface area contributed by atoms with E-state index < -0.39 is 11.8 Å². The van der Waals surface area contributed by atoms with Crippen molar-refractivity contribution in [3.05, 3.63) is 22.7 Å². The van der Waals surface area contributed by atoms with Gasteiger partial charge < -0.3 is 20.5 Å². The molecular formula is C14H19ClN2O4. The highest BCUT2D eigenvalue weighted by atomic mass is 35.5. The summed E-state index contributed by atoms with van der Waals surface area (Å²) < 4.78 is 9.97. The van der Waals surface area contributed by atoms with Crippen molar-refractivity contribution in [3.63, 3.8) is 0 Å². The van der Waals surface area contributed by atoms with E-state index >= 15 is 0 Å². The molecule has 1 atom stereocenters. The van der Waals surface area contributed by atoms with E-state index in [9.17, 15) is 9.59 Å². The molecule has 1 rings (SSSR count). The number of methoxy groups -OCH3 is 1. The van der Waals surface area contributed by atoms with Gasteiger partial charge in [-0.3, -0.25) is 9.59 Å². The fourth-order valence-electron chi connectivity index (χ4n) is 1.62. The molecule has 0 radical (unpaired) electrons. The number of nitrogens with one attached hydrogen (secondary N) is 1. The number of anilines is 1. The molecule has 0 aromatic heterocycles.